The van der Waals surface area contributed by atoms with Gasteiger partial charge in [-0.15, -0.1) is 0 Å². The van der Waals surface area contributed by atoms with E-state index >= 15 is 0 Å². The number of aryl methyl sites for hydroxylation is 1. The number of rotatable bonds is 5. The summed E-state index contributed by atoms with van der Waals surface area (Å²) in [6, 6.07) is 9.81. The summed E-state index contributed by atoms with van der Waals surface area (Å²) in [5.41, 5.74) is 2.17. The molecule has 0 saturated carbocycles. The average Bonchev–Trinajstić information content (AvgIpc) is 2.41. The molecule has 0 unspecified atom stereocenters. The van der Waals surface area contributed by atoms with Crippen molar-refractivity contribution in [1.82, 2.24) is 10.3 Å². The lowest BCUT2D eigenvalue weighted by molar-refractivity contribution is 0.458. The Morgan fingerprint density at radius 3 is 2.55 bits per heavy atom. The Morgan fingerprint density at radius 1 is 1.25 bits per heavy atom. The van der Waals surface area contributed by atoms with Crippen molar-refractivity contribution in [3.63, 3.8) is 0 Å². The minimum atomic E-state index is 0.459. The lowest BCUT2D eigenvalue weighted by Crippen LogP contribution is -2.21. The fourth-order valence-electron chi connectivity index (χ4n) is 1.76. The molecule has 2 aromatic rings. The van der Waals surface area contributed by atoms with Crippen LogP contribution in [0.2, 0.25) is 5.02 Å². The fourth-order valence-corrected chi connectivity index (χ4v) is 1.89. The maximum Gasteiger partial charge on any atom is 0.222 e. The molecule has 0 aliphatic carbocycles. The van der Waals surface area contributed by atoms with Crippen molar-refractivity contribution in [1.29, 1.82) is 0 Å². The molecule has 0 saturated heterocycles. The van der Waals surface area contributed by atoms with Crippen LogP contribution in [0.5, 0.6) is 11.6 Å². The van der Waals surface area contributed by atoms with Crippen LogP contribution in [0, 0.1) is 6.92 Å². The second kappa shape index (κ2) is 6.73. The minimum absolute atomic E-state index is 0.459. The van der Waals surface area contributed by atoms with E-state index in [4.69, 9.17) is 16.3 Å². The molecule has 4 heteroatoms. The van der Waals surface area contributed by atoms with Crippen LogP contribution in [0.3, 0.4) is 0 Å². The monoisotopic (exact) mass is 290 g/mol. The first kappa shape index (κ1) is 14.8. The lowest BCUT2D eigenvalue weighted by atomic mass is 10.2. The van der Waals surface area contributed by atoms with Crippen molar-refractivity contribution in [2.45, 2.75) is 33.4 Å². The standard InChI is InChI=1S/C16H19ClN2O/c1-11(2)18-9-13-8-12(3)16(19-10-13)20-15-6-4-14(17)5-7-15/h4-8,10-11,18H,9H2,1-3H3. The van der Waals surface area contributed by atoms with Crippen LogP contribution in [-0.2, 0) is 6.54 Å². The summed E-state index contributed by atoms with van der Waals surface area (Å²) in [6.07, 6.45) is 1.84. The zero-order chi connectivity index (χ0) is 14.5. The summed E-state index contributed by atoms with van der Waals surface area (Å²) < 4.78 is 5.75. The van der Waals surface area contributed by atoms with Crippen LogP contribution in [0.1, 0.15) is 25.0 Å². The van der Waals surface area contributed by atoms with Gasteiger partial charge in [0.1, 0.15) is 5.75 Å². The van der Waals surface area contributed by atoms with Gasteiger partial charge >= 0.3 is 0 Å². The molecule has 0 spiro atoms. The molecular formula is C16H19ClN2O. The van der Waals surface area contributed by atoms with Crippen LogP contribution >= 0.6 is 11.6 Å². The molecular weight excluding hydrogens is 272 g/mol. The first-order valence-corrected chi connectivity index (χ1v) is 7.04. The largest absolute Gasteiger partial charge is 0.439 e. The van der Waals surface area contributed by atoms with E-state index in [0.29, 0.717) is 16.9 Å². The highest BCUT2D eigenvalue weighted by molar-refractivity contribution is 6.30. The summed E-state index contributed by atoms with van der Waals surface area (Å²) >= 11 is 5.85. The molecule has 0 bridgehead atoms. The van der Waals surface area contributed by atoms with Crippen molar-refractivity contribution < 1.29 is 4.74 Å². The van der Waals surface area contributed by atoms with E-state index < -0.39 is 0 Å². The molecule has 1 N–H and O–H groups in total. The Kier molecular flexibility index (Phi) is 4.99. The van der Waals surface area contributed by atoms with Crippen LogP contribution in [0.25, 0.3) is 0 Å². The molecule has 1 aromatic heterocycles. The van der Waals surface area contributed by atoms with Gasteiger partial charge in [0.25, 0.3) is 0 Å². The third-order valence-electron chi connectivity index (χ3n) is 2.83. The van der Waals surface area contributed by atoms with Crippen molar-refractivity contribution in [2.75, 3.05) is 0 Å². The van der Waals surface area contributed by atoms with E-state index in [9.17, 15) is 0 Å². The predicted octanol–water partition coefficient (Wildman–Crippen LogP) is 4.33. The molecule has 0 fully saturated rings. The van der Waals surface area contributed by atoms with E-state index in [2.05, 4.69) is 30.2 Å². The number of hydrogen-bond donors (Lipinski definition) is 1. The topological polar surface area (TPSA) is 34.2 Å². The summed E-state index contributed by atoms with van der Waals surface area (Å²) in [7, 11) is 0. The van der Waals surface area contributed by atoms with Crippen LogP contribution < -0.4 is 10.1 Å². The van der Waals surface area contributed by atoms with E-state index in [0.717, 1.165) is 23.4 Å². The van der Waals surface area contributed by atoms with Crippen LogP contribution in [0.15, 0.2) is 36.5 Å². The first-order valence-electron chi connectivity index (χ1n) is 6.67. The molecule has 2 rings (SSSR count). The number of pyridine rings is 1. The van der Waals surface area contributed by atoms with Crippen molar-refractivity contribution in [3.8, 4) is 11.6 Å². The molecule has 1 heterocycles. The van der Waals surface area contributed by atoms with Crippen molar-refractivity contribution in [2.24, 2.45) is 0 Å². The third-order valence-corrected chi connectivity index (χ3v) is 3.08. The average molecular weight is 291 g/mol. The Morgan fingerprint density at radius 2 is 1.95 bits per heavy atom. The molecule has 0 radical (unpaired) electrons. The number of halogens is 1. The molecule has 20 heavy (non-hydrogen) atoms. The van der Waals surface area contributed by atoms with E-state index in [1.807, 2.05) is 25.3 Å². The number of nitrogens with zero attached hydrogens (tertiary/aromatic N) is 1. The third kappa shape index (κ3) is 4.22. The molecule has 0 atom stereocenters. The zero-order valence-corrected chi connectivity index (χ0v) is 12.7. The molecule has 106 valence electrons. The summed E-state index contributed by atoms with van der Waals surface area (Å²) in [6.45, 7) is 7.06. The van der Waals surface area contributed by atoms with Gasteiger partial charge < -0.3 is 10.1 Å². The number of nitrogens with one attached hydrogen (secondary N) is 1. The minimum Gasteiger partial charge on any atom is -0.439 e. The summed E-state index contributed by atoms with van der Waals surface area (Å²) in [5.74, 6) is 1.36. The second-order valence-electron chi connectivity index (χ2n) is 5.06. The quantitative estimate of drug-likeness (QED) is 0.890. The maximum atomic E-state index is 5.85. The van der Waals surface area contributed by atoms with E-state index in [1.54, 1.807) is 12.1 Å². The van der Waals surface area contributed by atoms with Gasteiger partial charge in [-0.3, -0.25) is 0 Å². The van der Waals surface area contributed by atoms with Gasteiger partial charge in [0.15, 0.2) is 0 Å². The molecule has 0 aliphatic heterocycles. The number of hydrogen-bond acceptors (Lipinski definition) is 3. The lowest BCUT2D eigenvalue weighted by Gasteiger charge is -2.11. The normalized spacial score (nSPS) is 10.8. The second-order valence-corrected chi connectivity index (χ2v) is 5.49. The van der Waals surface area contributed by atoms with Gasteiger partial charge in [-0.25, -0.2) is 4.98 Å². The molecule has 0 amide bonds. The predicted molar refractivity (Wildman–Crippen MR) is 82.5 cm³/mol. The first-order chi connectivity index (χ1) is 9.54. The number of ether oxygens (including phenoxy) is 1. The number of aromatic nitrogens is 1. The number of benzene rings is 1. The van der Waals surface area contributed by atoms with Crippen LogP contribution in [-0.4, -0.2) is 11.0 Å². The van der Waals surface area contributed by atoms with Gasteiger partial charge in [0, 0.05) is 29.4 Å². The fraction of sp³-hybridized carbons (Fsp3) is 0.312. The molecule has 1 aromatic carbocycles. The smallest absolute Gasteiger partial charge is 0.222 e. The van der Waals surface area contributed by atoms with Crippen molar-refractivity contribution in [3.05, 3.63) is 52.7 Å². The Bertz CT molecular complexity index is 567. The molecule has 0 aliphatic rings. The Labute approximate surface area is 124 Å². The maximum absolute atomic E-state index is 5.85. The zero-order valence-electron chi connectivity index (χ0n) is 12.0. The Balaban J connectivity index is 2.07. The van der Waals surface area contributed by atoms with Crippen molar-refractivity contribution >= 4 is 11.6 Å². The van der Waals surface area contributed by atoms with Gasteiger partial charge in [-0.05, 0) is 42.8 Å². The van der Waals surface area contributed by atoms with Gasteiger partial charge in [-0.2, -0.15) is 0 Å². The van der Waals surface area contributed by atoms with E-state index in [1.165, 1.54) is 0 Å². The van der Waals surface area contributed by atoms with Gasteiger partial charge in [0.05, 0.1) is 0 Å². The summed E-state index contributed by atoms with van der Waals surface area (Å²) in [4.78, 5) is 4.38. The molecule has 3 nitrogen and oxygen atoms in total. The van der Waals surface area contributed by atoms with E-state index in [-0.39, 0.29) is 0 Å². The highest BCUT2D eigenvalue weighted by Gasteiger charge is 2.05. The Hall–Kier alpha value is -1.58. The summed E-state index contributed by atoms with van der Waals surface area (Å²) in [5, 5.41) is 4.06. The van der Waals surface area contributed by atoms with Crippen LogP contribution in [0.4, 0.5) is 0 Å². The highest BCUT2D eigenvalue weighted by atomic mass is 35.5. The van der Waals surface area contributed by atoms with Gasteiger partial charge in [-0.1, -0.05) is 25.4 Å². The SMILES string of the molecule is Cc1cc(CNC(C)C)cnc1Oc1ccc(Cl)cc1. The highest BCUT2D eigenvalue weighted by Crippen LogP contribution is 2.24. The van der Waals surface area contributed by atoms with Gasteiger partial charge in [0.2, 0.25) is 5.88 Å².